The van der Waals surface area contributed by atoms with Crippen molar-refractivity contribution in [1.29, 1.82) is 0 Å². The van der Waals surface area contributed by atoms with E-state index < -0.39 is 0 Å². The molecule has 0 aliphatic heterocycles. The highest BCUT2D eigenvalue weighted by Crippen LogP contribution is 2.13. The molecular weight excluding hydrogens is 212 g/mol. The zero-order valence-corrected chi connectivity index (χ0v) is 9.32. The second-order valence-electron chi connectivity index (χ2n) is 3.49. The van der Waals surface area contributed by atoms with E-state index >= 15 is 0 Å². The van der Waals surface area contributed by atoms with Crippen molar-refractivity contribution in [3.63, 3.8) is 0 Å². The summed E-state index contributed by atoms with van der Waals surface area (Å²) in [6, 6.07) is 0.307. The molecule has 0 atom stereocenters. The van der Waals surface area contributed by atoms with Crippen molar-refractivity contribution in [3.8, 4) is 5.69 Å². The number of hydrogen-bond donors (Lipinski definition) is 2. The second kappa shape index (κ2) is 3.50. The number of nitrogens with zero attached hydrogens (tertiary/aromatic N) is 4. The molecule has 2 heterocycles. The Balaban J connectivity index is 2.50. The summed E-state index contributed by atoms with van der Waals surface area (Å²) >= 11 is 5.06. The summed E-state index contributed by atoms with van der Waals surface area (Å²) in [6.45, 7) is 4.10. The van der Waals surface area contributed by atoms with Gasteiger partial charge in [-0.15, -0.1) is 5.10 Å². The predicted octanol–water partition coefficient (Wildman–Crippen LogP) is 1.29. The first-order valence-electron chi connectivity index (χ1n) is 4.57. The van der Waals surface area contributed by atoms with Gasteiger partial charge in [0.1, 0.15) is 0 Å². The topological polar surface area (TPSA) is 77.5 Å². The minimum Gasteiger partial charge on any atom is -0.368 e. The van der Waals surface area contributed by atoms with E-state index in [-0.39, 0.29) is 0 Å². The van der Waals surface area contributed by atoms with Crippen molar-refractivity contribution < 1.29 is 0 Å². The normalized spacial score (nSPS) is 11.1. The van der Waals surface area contributed by atoms with E-state index in [9.17, 15) is 0 Å². The van der Waals surface area contributed by atoms with Gasteiger partial charge in [0.2, 0.25) is 10.7 Å². The van der Waals surface area contributed by atoms with E-state index in [1.807, 2.05) is 10.9 Å². The lowest BCUT2D eigenvalue weighted by Crippen LogP contribution is -2.01. The number of H-pyrrole nitrogens is 1. The van der Waals surface area contributed by atoms with Gasteiger partial charge in [-0.1, -0.05) is 0 Å². The van der Waals surface area contributed by atoms with Gasteiger partial charge in [-0.05, 0) is 26.1 Å². The summed E-state index contributed by atoms with van der Waals surface area (Å²) in [5.74, 6) is 0.336. The molecule has 0 aromatic carbocycles. The Morgan fingerprint density at radius 1 is 1.53 bits per heavy atom. The van der Waals surface area contributed by atoms with Crippen LogP contribution in [0.5, 0.6) is 0 Å². The molecule has 0 saturated carbocycles. The second-order valence-corrected chi connectivity index (χ2v) is 3.88. The number of nitrogen functional groups attached to an aromatic ring is 1. The fourth-order valence-corrected chi connectivity index (χ4v) is 1.53. The lowest BCUT2D eigenvalue weighted by atomic mass is 10.4. The van der Waals surface area contributed by atoms with Gasteiger partial charge in [0.15, 0.2) is 0 Å². The van der Waals surface area contributed by atoms with Crippen molar-refractivity contribution in [2.75, 3.05) is 5.73 Å². The molecule has 0 aliphatic carbocycles. The maximum atomic E-state index is 5.68. The van der Waals surface area contributed by atoms with Crippen LogP contribution in [0.25, 0.3) is 5.69 Å². The largest absolute Gasteiger partial charge is 0.368 e. The first-order chi connectivity index (χ1) is 7.09. The van der Waals surface area contributed by atoms with Gasteiger partial charge in [0, 0.05) is 12.2 Å². The van der Waals surface area contributed by atoms with E-state index in [4.69, 9.17) is 18.0 Å². The quantitative estimate of drug-likeness (QED) is 0.753. The first kappa shape index (κ1) is 9.91. The molecule has 0 aliphatic rings. The number of hydrogen-bond acceptors (Lipinski definition) is 4. The van der Waals surface area contributed by atoms with E-state index in [1.54, 1.807) is 10.8 Å². The van der Waals surface area contributed by atoms with Crippen LogP contribution in [0.3, 0.4) is 0 Å². The summed E-state index contributed by atoms with van der Waals surface area (Å²) in [5.41, 5.74) is 6.50. The van der Waals surface area contributed by atoms with Crippen LogP contribution in [0, 0.1) is 4.77 Å². The number of anilines is 1. The third-order valence-electron chi connectivity index (χ3n) is 2.07. The molecule has 0 saturated heterocycles. The number of aromatic amines is 1. The average Bonchev–Trinajstić information content (AvgIpc) is 2.73. The Hall–Kier alpha value is -1.63. The van der Waals surface area contributed by atoms with Crippen LogP contribution in [0.15, 0.2) is 12.4 Å². The zero-order chi connectivity index (χ0) is 11.0. The number of nitrogens with one attached hydrogen (secondary N) is 1. The molecule has 15 heavy (non-hydrogen) atoms. The standard InChI is InChI=1S/C8H12N6S/c1-5(2)13-4-6(3-10-13)14-7(9)11-12-8(14)15/h3-5H,1-2H3,(H2,9,11)(H,12,15). The van der Waals surface area contributed by atoms with Crippen LogP contribution in [0.4, 0.5) is 5.95 Å². The molecule has 0 unspecified atom stereocenters. The molecule has 2 aromatic rings. The van der Waals surface area contributed by atoms with Crippen molar-refractivity contribution in [3.05, 3.63) is 17.2 Å². The van der Waals surface area contributed by atoms with Crippen molar-refractivity contribution in [2.45, 2.75) is 19.9 Å². The van der Waals surface area contributed by atoms with Gasteiger partial charge in [-0.2, -0.15) is 5.10 Å². The molecule has 3 N–H and O–H groups in total. The Morgan fingerprint density at radius 3 is 2.73 bits per heavy atom. The minimum absolute atomic E-state index is 0.307. The Labute approximate surface area is 91.7 Å². The van der Waals surface area contributed by atoms with Crippen LogP contribution >= 0.6 is 12.2 Å². The lowest BCUT2D eigenvalue weighted by Gasteiger charge is -2.03. The summed E-state index contributed by atoms with van der Waals surface area (Å²) in [7, 11) is 0. The number of nitrogens with two attached hydrogens (primary N) is 1. The van der Waals surface area contributed by atoms with Gasteiger partial charge < -0.3 is 5.73 Å². The molecule has 80 valence electrons. The molecule has 0 bridgehead atoms. The van der Waals surface area contributed by atoms with Gasteiger partial charge in [-0.25, -0.2) is 5.10 Å². The summed E-state index contributed by atoms with van der Waals surface area (Å²) < 4.78 is 3.95. The van der Waals surface area contributed by atoms with Crippen LogP contribution < -0.4 is 5.73 Å². The van der Waals surface area contributed by atoms with Gasteiger partial charge in [-0.3, -0.25) is 9.25 Å². The molecule has 0 spiro atoms. The van der Waals surface area contributed by atoms with Gasteiger partial charge in [0.25, 0.3) is 0 Å². The minimum atomic E-state index is 0.307. The van der Waals surface area contributed by atoms with Crippen LogP contribution in [-0.2, 0) is 0 Å². The highest BCUT2D eigenvalue weighted by Gasteiger charge is 2.08. The SMILES string of the molecule is CC(C)n1cc(-n2c(N)n[nH]c2=S)cn1. The van der Waals surface area contributed by atoms with Crippen LogP contribution in [-0.4, -0.2) is 24.5 Å². The maximum Gasteiger partial charge on any atom is 0.225 e. The average molecular weight is 224 g/mol. The molecule has 2 aromatic heterocycles. The fraction of sp³-hybridized carbons (Fsp3) is 0.375. The Kier molecular flexibility index (Phi) is 2.31. The number of rotatable bonds is 2. The van der Waals surface area contributed by atoms with E-state index in [0.717, 1.165) is 5.69 Å². The first-order valence-corrected chi connectivity index (χ1v) is 4.98. The third kappa shape index (κ3) is 1.65. The van der Waals surface area contributed by atoms with E-state index in [0.29, 0.717) is 16.8 Å². The molecule has 0 fully saturated rings. The Morgan fingerprint density at radius 2 is 2.27 bits per heavy atom. The molecule has 0 amide bonds. The number of aromatic nitrogens is 5. The van der Waals surface area contributed by atoms with Crippen LogP contribution in [0.2, 0.25) is 0 Å². The summed E-state index contributed by atoms with van der Waals surface area (Å²) in [6.07, 6.45) is 3.59. The predicted molar refractivity (Wildman–Crippen MR) is 59.3 cm³/mol. The zero-order valence-electron chi connectivity index (χ0n) is 8.51. The fourth-order valence-electron chi connectivity index (χ4n) is 1.28. The monoisotopic (exact) mass is 224 g/mol. The highest BCUT2D eigenvalue weighted by molar-refractivity contribution is 7.71. The third-order valence-corrected chi connectivity index (χ3v) is 2.35. The molecular formula is C8H12N6S. The van der Waals surface area contributed by atoms with Gasteiger partial charge >= 0.3 is 0 Å². The van der Waals surface area contributed by atoms with E-state index in [2.05, 4.69) is 29.1 Å². The van der Waals surface area contributed by atoms with Crippen molar-refractivity contribution >= 4 is 18.2 Å². The molecule has 7 heteroatoms. The smallest absolute Gasteiger partial charge is 0.225 e. The molecule has 0 radical (unpaired) electrons. The summed E-state index contributed by atoms with van der Waals surface area (Å²) in [4.78, 5) is 0. The molecule has 6 nitrogen and oxygen atoms in total. The molecule has 2 rings (SSSR count). The van der Waals surface area contributed by atoms with Crippen molar-refractivity contribution in [1.82, 2.24) is 24.5 Å². The van der Waals surface area contributed by atoms with Gasteiger partial charge in [0.05, 0.1) is 11.9 Å². The van der Waals surface area contributed by atoms with Crippen LogP contribution in [0.1, 0.15) is 19.9 Å². The van der Waals surface area contributed by atoms with Crippen molar-refractivity contribution in [2.24, 2.45) is 0 Å². The lowest BCUT2D eigenvalue weighted by molar-refractivity contribution is 0.532. The highest BCUT2D eigenvalue weighted by atomic mass is 32.1. The maximum absolute atomic E-state index is 5.68. The van der Waals surface area contributed by atoms with E-state index in [1.165, 1.54) is 0 Å². The summed E-state index contributed by atoms with van der Waals surface area (Å²) in [5, 5.41) is 10.7. The Bertz CT molecular complexity index is 519.